The number of para-hydroxylation sites is 1. The Hall–Kier alpha value is -1.88. The molecule has 0 saturated carbocycles. The highest BCUT2D eigenvalue weighted by Crippen LogP contribution is 2.32. The summed E-state index contributed by atoms with van der Waals surface area (Å²) in [6.45, 7) is 4.89. The van der Waals surface area contributed by atoms with Gasteiger partial charge in [-0.3, -0.25) is 0 Å². The van der Waals surface area contributed by atoms with Gasteiger partial charge in [-0.25, -0.2) is 0 Å². The first kappa shape index (κ1) is 11.2. The molecule has 0 spiro atoms. The molecule has 2 aromatic heterocycles. The molecule has 18 heavy (non-hydrogen) atoms. The van der Waals surface area contributed by atoms with Crippen molar-refractivity contribution < 1.29 is 4.42 Å². The van der Waals surface area contributed by atoms with Gasteiger partial charge in [0.1, 0.15) is 5.58 Å². The summed E-state index contributed by atoms with van der Waals surface area (Å²) in [5.41, 5.74) is 2.84. The van der Waals surface area contributed by atoms with Crippen molar-refractivity contribution in [2.75, 3.05) is 11.9 Å². The van der Waals surface area contributed by atoms with Crippen LogP contribution >= 0.6 is 11.7 Å². The fraction of sp³-hybridized carbons (Fsp3) is 0.231. The van der Waals surface area contributed by atoms with Crippen LogP contribution in [-0.4, -0.2) is 15.3 Å². The number of rotatable bonds is 3. The summed E-state index contributed by atoms with van der Waals surface area (Å²) in [5.74, 6) is 1.56. The summed E-state index contributed by atoms with van der Waals surface area (Å²) in [7, 11) is 0. The molecular formula is C13H13N3OS. The van der Waals surface area contributed by atoms with E-state index in [9.17, 15) is 0 Å². The van der Waals surface area contributed by atoms with E-state index >= 15 is 0 Å². The van der Waals surface area contributed by atoms with Gasteiger partial charge in [0.25, 0.3) is 0 Å². The van der Waals surface area contributed by atoms with Crippen LogP contribution in [0.15, 0.2) is 28.7 Å². The first-order valence-corrected chi connectivity index (χ1v) is 6.58. The molecule has 0 aliphatic carbocycles. The molecule has 0 bridgehead atoms. The lowest BCUT2D eigenvalue weighted by Gasteiger charge is -1.98. The lowest BCUT2D eigenvalue weighted by Crippen LogP contribution is -1.97. The molecule has 0 saturated heterocycles. The molecule has 2 heterocycles. The molecule has 3 aromatic rings. The van der Waals surface area contributed by atoms with Crippen molar-refractivity contribution in [1.29, 1.82) is 0 Å². The molecule has 0 fully saturated rings. The number of nitrogens with zero attached hydrogens (tertiary/aromatic N) is 2. The minimum absolute atomic E-state index is 0.768. The fourth-order valence-corrected chi connectivity index (χ4v) is 2.49. The number of aryl methyl sites for hydroxylation is 1. The van der Waals surface area contributed by atoms with E-state index in [0.29, 0.717) is 0 Å². The fourth-order valence-electron chi connectivity index (χ4n) is 1.96. The van der Waals surface area contributed by atoms with Gasteiger partial charge in [0.15, 0.2) is 17.3 Å². The van der Waals surface area contributed by atoms with E-state index in [0.717, 1.165) is 40.3 Å². The van der Waals surface area contributed by atoms with Crippen LogP contribution < -0.4 is 5.32 Å². The van der Waals surface area contributed by atoms with Crippen molar-refractivity contribution in [3.05, 3.63) is 29.8 Å². The largest absolute Gasteiger partial charge is 0.454 e. The van der Waals surface area contributed by atoms with Crippen molar-refractivity contribution in [3.63, 3.8) is 0 Å². The first-order valence-electron chi connectivity index (χ1n) is 5.85. The van der Waals surface area contributed by atoms with E-state index in [-0.39, 0.29) is 0 Å². The predicted molar refractivity (Wildman–Crippen MR) is 74.0 cm³/mol. The van der Waals surface area contributed by atoms with Crippen molar-refractivity contribution in [1.82, 2.24) is 8.75 Å². The Morgan fingerprint density at radius 3 is 3.00 bits per heavy atom. The van der Waals surface area contributed by atoms with Gasteiger partial charge in [0, 0.05) is 11.9 Å². The Bertz CT molecular complexity index is 686. The van der Waals surface area contributed by atoms with Gasteiger partial charge in [-0.1, -0.05) is 18.2 Å². The standard InChI is InChI=1S/C13H13N3OS/c1-3-14-13-11(15-18-16-13)10-7-9-6-4-5-8(2)12(9)17-10/h4-7H,3H2,1-2H3,(H,14,16). The van der Waals surface area contributed by atoms with Crippen molar-refractivity contribution in [2.24, 2.45) is 0 Å². The zero-order valence-electron chi connectivity index (χ0n) is 10.2. The lowest BCUT2D eigenvalue weighted by atomic mass is 10.2. The average molecular weight is 259 g/mol. The van der Waals surface area contributed by atoms with Gasteiger partial charge >= 0.3 is 0 Å². The lowest BCUT2D eigenvalue weighted by molar-refractivity contribution is 0.627. The first-order chi connectivity index (χ1) is 8.79. The highest BCUT2D eigenvalue weighted by molar-refractivity contribution is 6.99. The van der Waals surface area contributed by atoms with Crippen LogP contribution in [0.1, 0.15) is 12.5 Å². The van der Waals surface area contributed by atoms with Crippen LogP contribution in [0.3, 0.4) is 0 Å². The Balaban J connectivity index is 2.14. The number of furan rings is 1. The van der Waals surface area contributed by atoms with E-state index in [4.69, 9.17) is 4.42 Å². The molecular weight excluding hydrogens is 246 g/mol. The smallest absolute Gasteiger partial charge is 0.171 e. The Morgan fingerprint density at radius 2 is 2.22 bits per heavy atom. The molecule has 0 atom stereocenters. The number of nitrogens with one attached hydrogen (secondary N) is 1. The number of benzene rings is 1. The van der Waals surface area contributed by atoms with Gasteiger partial charge in [-0.15, -0.1) is 0 Å². The number of fused-ring (bicyclic) bond motifs is 1. The number of aromatic nitrogens is 2. The van der Waals surface area contributed by atoms with Gasteiger partial charge < -0.3 is 9.73 Å². The summed E-state index contributed by atoms with van der Waals surface area (Å²) in [6, 6.07) is 8.13. The number of anilines is 1. The molecule has 1 N–H and O–H groups in total. The van der Waals surface area contributed by atoms with Crippen molar-refractivity contribution >= 4 is 28.5 Å². The van der Waals surface area contributed by atoms with Crippen LogP contribution in [0.5, 0.6) is 0 Å². The van der Waals surface area contributed by atoms with Crippen molar-refractivity contribution in [2.45, 2.75) is 13.8 Å². The second kappa shape index (κ2) is 4.42. The maximum Gasteiger partial charge on any atom is 0.171 e. The second-order valence-electron chi connectivity index (χ2n) is 4.10. The minimum atomic E-state index is 0.768. The third kappa shape index (κ3) is 1.76. The summed E-state index contributed by atoms with van der Waals surface area (Å²) in [4.78, 5) is 0. The highest BCUT2D eigenvalue weighted by atomic mass is 32.1. The summed E-state index contributed by atoms with van der Waals surface area (Å²) >= 11 is 1.19. The molecule has 0 amide bonds. The molecule has 0 unspecified atom stereocenters. The zero-order valence-corrected chi connectivity index (χ0v) is 11.0. The normalized spacial score (nSPS) is 11.0. The monoisotopic (exact) mass is 259 g/mol. The van der Waals surface area contributed by atoms with Crippen LogP contribution in [0.4, 0.5) is 5.82 Å². The maximum atomic E-state index is 5.89. The Labute approximate surface area is 109 Å². The van der Waals surface area contributed by atoms with E-state index in [1.807, 2.05) is 38.1 Å². The summed E-state index contributed by atoms with van der Waals surface area (Å²) < 4.78 is 14.4. The molecule has 0 aliphatic heterocycles. The Morgan fingerprint density at radius 1 is 1.33 bits per heavy atom. The summed E-state index contributed by atoms with van der Waals surface area (Å²) in [5, 5.41) is 4.29. The SMILES string of the molecule is CCNc1nsnc1-c1cc2cccc(C)c2o1. The van der Waals surface area contributed by atoms with Crippen molar-refractivity contribution in [3.8, 4) is 11.5 Å². The number of hydrogen-bond donors (Lipinski definition) is 1. The highest BCUT2D eigenvalue weighted by Gasteiger charge is 2.15. The quantitative estimate of drug-likeness (QED) is 0.779. The predicted octanol–water partition coefficient (Wildman–Crippen LogP) is 3.69. The van der Waals surface area contributed by atoms with Crippen LogP contribution in [-0.2, 0) is 0 Å². The maximum absolute atomic E-state index is 5.89. The van der Waals surface area contributed by atoms with Crippen LogP contribution in [0.2, 0.25) is 0 Å². The number of hydrogen-bond acceptors (Lipinski definition) is 5. The van der Waals surface area contributed by atoms with Gasteiger partial charge in [0.2, 0.25) is 0 Å². The van der Waals surface area contributed by atoms with Gasteiger partial charge in [-0.2, -0.15) is 8.75 Å². The Kier molecular flexibility index (Phi) is 2.76. The van der Waals surface area contributed by atoms with E-state index in [2.05, 4.69) is 14.1 Å². The van der Waals surface area contributed by atoms with E-state index in [1.54, 1.807) is 0 Å². The molecule has 0 radical (unpaired) electrons. The average Bonchev–Trinajstić information content (AvgIpc) is 2.95. The minimum Gasteiger partial charge on any atom is -0.454 e. The zero-order chi connectivity index (χ0) is 12.5. The molecule has 4 nitrogen and oxygen atoms in total. The van der Waals surface area contributed by atoms with E-state index < -0.39 is 0 Å². The van der Waals surface area contributed by atoms with Crippen LogP contribution in [0.25, 0.3) is 22.4 Å². The van der Waals surface area contributed by atoms with Gasteiger partial charge in [0.05, 0.1) is 11.7 Å². The topological polar surface area (TPSA) is 51.0 Å². The van der Waals surface area contributed by atoms with E-state index in [1.165, 1.54) is 11.7 Å². The van der Waals surface area contributed by atoms with Crippen LogP contribution in [0, 0.1) is 6.92 Å². The third-order valence-electron chi connectivity index (χ3n) is 2.81. The second-order valence-corrected chi connectivity index (χ2v) is 4.62. The molecule has 0 aliphatic rings. The molecule has 3 rings (SSSR count). The molecule has 5 heteroatoms. The third-order valence-corrected chi connectivity index (χ3v) is 3.34. The molecule has 92 valence electrons. The molecule has 1 aromatic carbocycles. The summed E-state index contributed by atoms with van der Waals surface area (Å²) in [6.07, 6.45) is 0. The van der Waals surface area contributed by atoms with Gasteiger partial charge in [-0.05, 0) is 25.5 Å².